The van der Waals surface area contributed by atoms with Gasteiger partial charge in [0, 0.05) is 25.7 Å². The molecule has 1 heterocycles. The Kier molecular flexibility index (Phi) is 4.17. The average molecular weight is 320 g/mol. The van der Waals surface area contributed by atoms with E-state index < -0.39 is 0 Å². The molecule has 0 spiro atoms. The number of nitrogens with one attached hydrogen (secondary N) is 1. The standard InChI is InChI=1S/C18H16N4O2/c1-21-15-4-2-3-5-16(15)22(18(21)24)11-10-17(23)20-14-8-6-13(12-19)7-9-14/h2-9H,10-11H2,1H3,(H,20,23). The SMILES string of the molecule is Cn1c(=O)n(CCC(=O)Nc2ccc(C#N)cc2)c2ccccc21. The van der Waals surface area contributed by atoms with Gasteiger partial charge in [0.1, 0.15) is 0 Å². The Morgan fingerprint density at radius 2 is 1.79 bits per heavy atom. The van der Waals surface area contributed by atoms with Crippen molar-refractivity contribution < 1.29 is 4.79 Å². The van der Waals surface area contributed by atoms with E-state index in [4.69, 9.17) is 5.26 Å². The number of amides is 1. The number of hydrogen-bond donors (Lipinski definition) is 1. The van der Waals surface area contributed by atoms with E-state index in [-0.39, 0.29) is 18.0 Å². The third kappa shape index (κ3) is 2.92. The van der Waals surface area contributed by atoms with Crippen molar-refractivity contribution in [3.05, 3.63) is 64.6 Å². The predicted molar refractivity (Wildman–Crippen MR) is 91.6 cm³/mol. The Hall–Kier alpha value is -3.33. The smallest absolute Gasteiger partial charge is 0.326 e. The van der Waals surface area contributed by atoms with Gasteiger partial charge in [0.25, 0.3) is 0 Å². The highest BCUT2D eigenvalue weighted by Crippen LogP contribution is 2.13. The lowest BCUT2D eigenvalue weighted by molar-refractivity contribution is -0.116. The van der Waals surface area contributed by atoms with Crippen LogP contribution >= 0.6 is 0 Å². The average Bonchev–Trinajstić information content (AvgIpc) is 2.85. The van der Waals surface area contributed by atoms with Crippen LogP contribution in [0.15, 0.2) is 53.3 Å². The molecule has 0 aliphatic carbocycles. The van der Waals surface area contributed by atoms with Gasteiger partial charge in [-0.15, -0.1) is 0 Å². The van der Waals surface area contributed by atoms with E-state index in [1.807, 2.05) is 30.3 Å². The molecular formula is C18H16N4O2. The zero-order chi connectivity index (χ0) is 17.1. The van der Waals surface area contributed by atoms with Crippen molar-refractivity contribution in [3.8, 4) is 6.07 Å². The van der Waals surface area contributed by atoms with Crippen molar-refractivity contribution in [3.63, 3.8) is 0 Å². The second-order valence-corrected chi connectivity index (χ2v) is 5.47. The first-order chi connectivity index (χ1) is 11.6. The molecule has 0 fully saturated rings. The fourth-order valence-corrected chi connectivity index (χ4v) is 2.64. The van der Waals surface area contributed by atoms with Gasteiger partial charge in [-0.1, -0.05) is 12.1 Å². The van der Waals surface area contributed by atoms with Crippen molar-refractivity contribution in [2.24, 2.45) is 7.05 Å². The van der Waals surface area contributed by atoms with E-state index in [1.54, 1.807) is 40.4 Å². The summed E-state index contributed by atoms with van der Waals surface area (Å²) in [4.78, 5) is 24.4. The van der Waals surface area contributed by atoms with Gasteiger partial charge in [-0.3, -0.25) is 13.9 Å². The number of carbonyl (C=O) groups is 1. The molecule has 0 aliphatic rings. The Morgan fingerprint density at radius 1 is 1.12 bits per heavy atom. The number of rotatable bonds is 4. The molecule has 2 aromatic carbocycles. The number of nitrogens with zero attached hydrogens (tertiary/aromatic N) is 3. The molecule has 0 radical (unpaired) electrons. The van der Waals surface area contributed by atoms with E-state index >= 15 is 0 Å². The zero-order valence-corrected chi connectivity index (χ0v) is 13.2. The first-order valence-corrected chi connectivity index (χ1v) is 7.54. The summed E-state index contributed by atoms with van der Waals surface area (Å²) < 4.78 is 3.18. The molecule has 0 aliphatic heterocycles. The maximum Gasteiger partial charge on any atom is 0.328 e. The van der Waals surface area contributed by atoms with Crippen LogP contribution in [0.1, 0.15) is 12.0 Å². The first-order valence-electron chi connectivity index (χ1n) is 7.54. The molecule has 3 aromatic rings. The number of aromatic nitrogens is 2. The summed E-state index contributed by atoms with van der Waals surface area (Å²) in [6.07, 6.45) is 0.188. The summed E-state index contributed by atoms with van der Waals surface area (Å²) in [5.41, 5.74) is 2.69. The molecule has 0 saturated heterocycles. The van der Waals surface area contributed by atoms with Gasteiger partial charge in [0.2, 0.25) is 5.91 Å². The van der Waals surface area contributed by atoms with Gasteiger partial charge in [0.15, 0.2) is 0 Å². The highest BCUT2D eigenvalue weighted by atomic mass is 16.2. The minimum absolute atomic E-state index is 0.137. The number of aryl methyl sites for hydroxylation is 2. The summed E-state index contributed by atoms with van der Waals surface area (Å²) in [5.74, 6) is -0.181. The zero-order valence-electron chi connectivity index (χ0n) is 13.2. The highest BCUT2D eigenvalue weighted by molar-refractivity contribution is 5.90. The van der Waals surface area contributed by atoms with Crippen molar-refractivity contribution in [1.29, 1.82) is 5.26 Å². The van der Waals surface area contributed by atoms with Crippen molar-refractivity contribution in [1.82, 2.24) is 9.13 Å². The maximum atomic E-state index is 12.3. The molecule has 6 heteroatoms. The fraction of sp³-hybridized carbons (Fsp3) is 0.167. The van der Waals surface area contributed by atoms with E-state index in [2.05, 4.69) is 5.32 Å². The summed E-state index contributed by atoms with van der Waals surface area (Å²) in [7, 11) is 1.72. The van der Waals surface area contributed by atoms with Crippen LogP contribution in [-0.2, 0) is 18.4 Å². The molecule has 0 unspecified atom stereocenters. The van der Waals surface area contributed by atoms with Crippen LogP contribution in [0.25, 0.3) is 11.0 Å². The molecule has 1 amide bonds. The molecule has 1 N–H and O–H groups in total. The third-order valence-corrected chi connectivity index (χ3v) is 3.91. The van der Waals surface area contributed by atoms with Gasteiger partial charge in [-0.2, -0.15) is 5.26 Å². The lowest BCUT2D eigenvalue weighted by atomic mass is 10.2. The molecule has 120 valence electrons. The second-order valence-electron chi connectivity index (χ2n) is 5.47. The Labute approximate surface area is 138 Å². The molecule has 3 rings (SSSR count). The summed E-state index contributed by atoms with van der Waals surface area (Å²) in [5, 5.41) is 11.5. The lowest BCUT2D eigenvalue weighted by Gasteiger charge is -2.06. The molecule has 0 saturated carbocycles. The van der Waals surface area contributed by atoms with E-state index in [1.165, 1.54) is 0 Å². The minimum Gasteiger partial charge on any atom is -0.326 e. The molecule has 0 bridgehead atoms. The van der Waals surface area contributed by atoms with Gasteiger partial charge in [-0.05, 0) is 36.4 Å². The summed E-state index contributed by atoms with van der Waals surface area (Å²) in [6, 6.07) is 16.2. The largest absolute Gasteiger partial charge is 0.328 e. The van der Waals surface area contributed by atoms with Crippen LogP contribution in [0, 0.1) is 11.3 Å². The van der Waals surface area contributed by atoms with Crippen molar-refractivity contribution in [2.45, 2.75) is 13.0 Å². The monoisotopic (exact) mass is 320 g/mol. The topological polar surface area (TPSA) is 79.8 Å². The second kappa shape index (κ2) is 6.42. The summed E-state index contributed by atoms with van der Waals surface area (Å²) in [6.45, 7) is 0.308. The number of hydrogen-bond acceptors (Lipinski definition) is 3. The van der Waals surface area contributed by atoms with Gasteiger partial charge in [-0.25, -0.2) is 4.79 Å². The normalized spacial score (nSPS) is 10.5. The van der Waals surface area contributed by atoms with E-state index in [0.29, 0.717) is 17.8 Å². The van der Waals surface area contributed by atoms with Crippen LogP contribution in [-0.4, -0.2) is 15.0 Å². The van der Waals surface area contributed by atoms with Crippen LogP contribution in [0.3, 0.4) is 0 Å². The van der Waals surface area contributed by atoms with Crippen LogP contribution in [0.5, 0.6) is 0 Å². The van der Waals surface area contributed by atoms with Crippen molar-refractivity contribution in [2.75, 3.05) is 5.32 Å². The number of benzene rings is 2. The lowest BCUT2D eigenvalue weighted by Crippen LogP contribution is -2.24. The Balaban J connectivity index is 1.72. The van der Waals surface area contributed by atoms with Gasteiger partial charge in [0.05, 0.1) is 22.7 Å². The highest BCUT2D eigenvalue weighted by Gasteiger charge is 2.11. The fourth-order valence-electron chi connectivity index (χ4n) is 2.64. The molecule has 6 nitrogen and oxygen atoms in total. The third-order valence-electron chi connectivity index (χ3n) is 3.91. The van der Waals surface area contributed by atoms with Crippen LogP contribution in [0.2, 0.25) is 0 Å². The number of imidazole rings is 1. The first kappa shape index (κ1) is 15.6. The predicted octanol–water partition coefficient (Wildman–Crippen LogP) is 2.24. The van der Waals surface area contributed by atoms with E-state index in [0.717, 1.165) is 11.0 Å². The molecule has 1 aromatic heterocycles. The quantitative estimate of drug-likeness (QED) is 0.800. The van der Waals surface area contributed by atoms with E-state index in [9.17, 15) is 9.59 Å². The number of anilines is 1. The maximum absolute atomic E-state index is 12.3. The number of para-hydroxylation sites is 2. The van der Waals surface area contributed by atoms with Gasteiger partial charge < -0.3 is 5.32 Å². The molecular weight excluding hydrogens is 304 g/mol. The van der Waals surface area contributed by atoms with Crippen LogP contribution < -0.4 is 11.0 Å². The number of nitriles is 1. The Bertz CT molecular complexity index is 991. The number of carbonyl (C=O) groups excluding carboxylic acids is 1. The minimum atomic E-state index is -0.181. The number of fused-ring (bicyclic) bond motifs is 1. The van der Waals surface area contributed by atoms with Gasteiger partial charge >= 0.3 is 5.69 Å². The molecule has 24 heavy (non-hydrogen) atoms. The van der Waals surface area contributed by atoms with Crippen LogP contribution in [0.4, 0.5) is 5.69 Å². The summed E-state index contributed by atoms with van der Waals surface area (Å²) >= 11 is 0. The molecule has 0 atom stereocenters. The van der Waals surface area contributed by atoms with Crippen molar-refractivity contribution >= 4 is 22.6 Å². The Morgan fingerprint density at radius 3 is 2.46 bits per heavy atom.